The minimum Gasteiger partial charge on any atom is -0.390 e. The SMILES string of the molecule is OC(CCCl)C(O)c1ccc2c(c1)CCN2. The Kier molecular flexibility index (Phi) is 3.69. The van der Waals surface area contributed by atoms with Gasteiger partial charge < -0.3 is 15.5 Å². The molecule has 1 aromatic carbocycles. The molecule has 2 atom stereocenters. The number of alkyl halides is 1. The van der Waals surface area contributed by atoms with E-state index < -0.39 is 12.2 Å². The van der Waals surface area contributed by atoms with Crippen LogP contribution in [0.25, 0.3) is 0 Å². The maximum atomic E-state index is 9.92. The Bertz CT molecular complexity index is 370. The number of hydrogen-bond acceptors (Lipinski definition) is 3. The molecule has 1 aromatic rings. The molecule has 2 rings (SSSR count). The minimum atomic E-state index is -0.843. The van der Waals surface area contributed by atoms with E-state index in [4.69, 9.17) is 11.6 Å². The van der Waals surface area contributed by atoms with E-state index in [2.05, 4.69) is 5.32 Å². The second-order valence-electron chi connectivity index (χ2n) is 4.08. The lowest BCUT2D eigenvalue weighted by molar-refractivity contribution is 0.0170. The molecule has 0 amide bonds. The quantitative estimate of drug-likeness (QED) is 0.703. The van der Waals surface area contributed by atoms with Gasteiger partial charge >= 0.3 is 0 Å². The molecule has 0 saturated heterocycles. The molecular formula is C12H16ClNO2. The highest BCUT2D eigenvalue weighted by Gasteiger charge is 2.19. The summed E-state index contributed by atoms with van der Waals surface area (Å²) in [6.45, 7) is 0.944. The molecule has 1 heterocycles. The van der Waals surface area contributed by atoms with E-state index in [1.165, 1.54) is 5.56 Å². The lowest BCUT2D eigenvalue weighted by atomic mass is 9.99. The lowest BCUT2D eigenvalue weighted by Crippen LogP contribution is -2.18. The molecule has 1 aliphatic rings. The molecule has 2 unspecified atom stereocenters. The largest absolute Gasteiger partial charge is 0.390 e. The van der Waals surface area contributed by atoms with Crippen LogP contribution in [0, 0.1) is 0 Å². The normalized spacial score (nSPS) is 17.7. The molecule has 0 radical (unpaired) electrons. The van der Waals surface area contributed by atoms with E-state index in [9.17, 15) is 10.2 Å². The van der Waals surface area contributed by atoms with Crippen molar-refractivity contribution in [2.24, 2.45) is 0 Å². The summed E-state index contributed by atoms with van der Waals surface area (Å²) in [4.78, 5) is 0. The fourth-order valence-electron chi connectivity index (χ4n) is 2.00. The van der Waals surface area contributed by atoms with Crippen LogP contribution in [0.15, 0.2) is 18.2 Å². The van der Waals surface area contributed by atoms with Crippen LogP contribution in [0.2, 0.25) is 0 Å². The number of aliphatic hydroxyl groups excluding tert-OH is 2. The zero-order valence-electron chi connectivity index (χ0n) is 8.99. The van der Waals surface area contributed by atoms with Crippen LogP contribution in [0.1, 0.15) is 23.7 Å². The van der Waals surface area contributed by atoms with Crippen LogP contribution in [0.5, 0.6) is 0 Å². The third-order valence-corrected chi connectivity index (χ3v) is 3.17. The second kappa shape index (κ2) is 5.04. The average Bonchev–Trinajstić information content (AvgIpc) is 2.75. The van der Waals surface area contributed by atoms with Gasteiger partial charge in [0.1, 0.15) is 6.10 Å². The highest BCUT2D eigenvalue weighted by Crippen LogP contribution is 2.27. The highest BCUT2D eigenvalue weighted by atomic mass is 35.5. The van der Waals surface area contributed by atoms with Gasteiger partial charge in [-0.15, -0.1) is 11.6 Å². The Balaban J connectivity index is 2.14. The van der Waals surface area contributed by atoms with Crippen molar-refractivity contribution < 1.29 is 10.2 Å². The van der Waals surface area contributed by atoms with E-state index in [1.807, 2.05) is 18.2 Å². The summed E-state index contributed by atoms with van der Waals surface area (Å²) in [6.07, 6.45) is -0.255. The first-order valence-electron chi connectivity index (χ1n) is 5.51. The number of halogens is 1. The van der Waals surface area contributed by atoms with Gasteiger partial charge in [0.25, 0.3) is 0 Å². The predicted octanol–water partition coefficient (Wildman–Crippen LogP) is 1.68. The summed E-state index contributed by atoms with van der Waals surface area (Å²) in [7, 11) is 0. The molecule has 3 nitrogen and oxygen atoms in total. The number of nitrogens with one attached hydrogen (secondary N) is 1. The van der Waals surface area contributed by atoms with Crippen LogP contribution in [-0.2, 0) is 6.42 Å². The molecule has 3 N–H and O–H groups in total. The molecule has 0 aliphatic carbocycles. The average molecular weight is 242 g/mol. The van der Waals surface area contributed by atoms with Gasteiger partial charge in [-0.25, -0.2) is 0 Å². The summed E-state index contributed by atoms with van der Waals surface area (Å²) in [6, 6.07) is 5.75. The van der Waals surface area contributed by atoms with Gasteiger partial charge in [-0.3, -0.25) is 0 Å². The van der Waals surface area contributed by atoms with Crippen molar-refractivity contribution in [3.63, 3.8) is 0 Å². The molecule has 0 spiro atoms. The van der Waals surface area contributed by atoms with Crippen molar-refractivity contribution in [2.45, 2.75) is 25.0 Å². The van der Waals surface area contributed by atoms with Crippen molar-refractivity contribution in [1.29, 1.82) is 0 Å². The summed E-state index contributed by atoms with van der Waals surface area (Å²) >= 11 is 5.54. The van der Waals surface area contributed by atoms with Crippen molar-refractivity contribution >= 4 is 17.3 Å². The molecule has 0 fully saturated rings. The van der Waals surface area contributed by atoms with Gasteiger partial charge in [0, 0.05) is 18.1 Å². The van der Waals surface area contributed by atoms with E-state index in [1.54, 1.807) is 0 Å². The number of hydrogen-bond donors (Lipinski definition) is 3. The maximum Gasteiger partial charge on any atom is 0.105 e. The van der Waals surface area contributed by atoms with Crippen molar-refractivity contribution in [2.75, 3.05) is 17.7 Å². The first kappa shape index (κ1) is 11.7. The smallest absolute Gasteiger partial charge is 0.105 e. The van der Waals surface area contributed by atoms with E-state index >= 15 is 0 Å². The Morgan fingerprint density at radius 3 is 2.94 bits per heavy atom. The first-order chi connectivity index (χ1) is 7.72. The molecule has 0 aromatic heterocycles. The number of benzene rings is 1. The predicted molar refractivity (Wildman–Crippen MR) is 64.9 cm³/mol. The van der Waals surface area contributed by atoms with Gasteiger partial charge in [0.2, 0.25) is 0 Å². The van der Waals surface area contributed by atoms with E-state index in [0.29, 0.717) is 12.3 Å². The number of rotatable bonds is 4. The fourth-order valence-corrected chi connectivity index (χ4v) is 2.22. The molecule has 16 heavy (non-hydrogen) atoms. The summed E-state index contributed by atoms with van der Waals surface area (Å²) in [5, 5.41) is 22.8. The Morgan fingerprint density at radius 1 is 1.38 bits per heavy atom. The standard InChI is InChI=1S/C12H16ClNO2/c13-5-3-11(15)12(16)9-1-2-10-8(7-9)4-6-14-10/h1-2,7,11-12,14-16H,3-6H2. The highest BCUT2D eigenvalue weighted by molar-refractivity contribution is 6.17. The second-order valence-corrected chi connectivity index (χ2v) is 4.46. The van der Waals surface area contributed by atoms with Crippen LogP contribution in [0.3, 0.4) is 0 Å². The van der Waals surface area contributed by atoms with Crippen molar-refractivity contribution in [3.05, 3.63) is 29.3 Å². The third-order valence-electron chi connectivity index (χ3n) is 2.95. The lowest BCUT2D eigenvalue weighted by Gasteiger charge is -2.17. The number of anilines is 1. The van der Waals surface area contributed by atoms with Crippen LogP contribution < -0.4 is 5.32 Å². The van der Waals surface area contributed by atoms with Gasteiger partial charge in [0.05, 0.1) is 6.10 Å². The third kappa shape index (κ3) is 2.32. The molecular weight excluding hydrogens is 226 g/mol. The Morgan fingerprint density at radius 2 is 2.19 bits per heavy atom. The van der Waals surface area contributed by atoms with E-state index in [-0.39, 0.29) is 0 Å². The summed E-state index contributed by atoms with van der Waals surface area (Å²) < 4.78 is 0. The van der Waals surface area contributed by atoms with Crippen LogP contribution in [-0.4, -0.2) is 28.7 Å². The molecule has 0 saturated carbocycles. The van der Waals surface area contributed by atoms with Crippen LogP contribution in [0.4, 0.5) is 5.69 Å². The zero-order valence-corrected chi connectivity index (χ0v) is 9.74. The summed E-state index contributed by atoms with van der Waals surface area (Å²) in [5.41, 5.74) is 3.09. The van der Waals surface area contributed by atoms with Gasteiger partial charge in [-0.1, -0.05) is 12.1 Å². The molecule has 1 aliphatic heterocycles. The zero-order chi connectivity index (χ0) is 11.5. The fraction of sp³-hybridized carbons (Fsp3) is 0.500. The minimum absolute atomic E-state index is 0.352. The van der Waals surface area contributed by atoms with Gasteiger partial charge in [0.15, 0.2) is 0 Å². The monoisotopic (exact) mass is 241 g/mol. The molecule has 0 bridgehead atoms. The molecule has 4 heteroatoms. The summed E-state index contributed by atoms with van der Waals surface area (Å²) in [5.74, 6) is 0.352. The maximum absolute atomic E-state index is 9.92. The Labute approximate surface area is 100 Å². The number of fused-ring (bicyclic) bond motifs is 1. The van der Waals surface area contributed by atoms with Crippen molar-refractivity contribution in [3.8, 4) is 0 Å². The molecule has 88 valence electrons. The van der Waals surface area contributed by atoms with Gasteiger partial charge in [-0.05, 0) is 30.0 Å². The van der Waals surface area contributed by atoms with Crippen molar-refractivity contribution in [1.82, 2.24) is 0 Å². The topological polar surface area (TPSA) is 52.5 Å². The van der Waals surface area contributed by atoms with Gasteiger partial charge in [-0.2, -0.15) is 0 Å². The number of aliphatic hydroxyl groups is 2. The first-order valence-corrected chi connectivity index (χ1v) is 6.04. The van der Waals surface area contributed by atoms with Crippen LogP contribution >= 0.6 is 11.6 Å². The Hall–Kier alpha value is -0.770. The van der Waals surface area contributed by atoms with E-state index in [0.717, 1.165) is 24.2 Å².